The smallest absolute Gasteiger partial charge is 0.268 e. The van der Waals surface area contributed by atoms with E-state index in [-0.39, 0.29) is 18.7 Å². The summed E-state index contributed by atoms with van der Waals surface area (Å²) in [6, 6.07) is 5.60. The maximum atomic E-state index is 13.4. The zero-order valence-electron chi connectivity index (χ0n) is 18.5. The van der Waals surface area contributed by atoms with Crippen LogP contribution in [0.15, 0.2) is 24.4 Å². The minimum absolute atomic E-state index is 0.0482. The molecule has 1 amide bonds. The van der Waals surface area contributed by atoms with E-state index in [1.807, 2.05) is 33.7 Å². The fourth-order valence-corrected chi connectivity index (χ4v) is 7.45. The van der Waals surface area contributed by atoms with Gasteiger partial charge in [0.05, 0.1) is 5.69 Å². The molecule has 4 saturated carbocycles. The van der Waals surface area contributed by atoms with Crippen LogP contribution in [0, 0.1) is 23.2 Å². The number of carbonyl (C=O) groups excluding carboxylic acids is 1. The van der Waals surface area contributed by atoms with Crippen LogP contribution in [0.5, 0.6) is 0 Å². The van der Waals surface area contributed by atoms with Crippen LogP contribution < -0.4 is 5.32 Å². The van der Waals surface area contributed by atoms with Crippen molar-refractivity contribution < 1.29 is 13.6 Å². The van der Waals surface area contributed by atoms with Gasteiger partial charge in [0.25, 0.3) is 11.8 Å². The number of fused-ring (bicyclic) bond motifs is 1. The second-order valence-electron chi connectivity index (χ2n) is 11.1. The molecular formula is C25H32F2N4O. The molecule has 3 heterocycles. The summed E-state index contributed by atoms with van der Waals surface area (Å²) in [5, 5.41) is 3.27. The van der Waals surface area contributed by atoms with Crippen LogP contribution in [0.3, 0.4) is 0 Å². The van der Waals surface area contributed by atoms with Crippen LogP contribution in [-0.2, 0) is 6.54 Å². The molecule has 172 valence electrons. The van der Waals surface area contributed by atoms with Gasteiger partial charge in [-0.3, -0.25) is 14.1 Å². The largest absolute Gasteiger partial charge is 0.350 e. The first-order valence-corrected chi connectivity index (χ1v) is 12.2. The molecule has 7 rings (SSSR count). The summed E-state index contributed by atoms with van der Waals surface area (Å²) < 4.78 is 28.7. The minimum atomic E-state index is -2.54. The number of pyridine rings is 1. The van der Waals surface area contributed by atoms with Crippen molar-refractivity contribution in [1.82, 2.24) is 19.6 Å². The summed E-state index contributed by atoms with van der Waals surface area (Å²) in [7, 11) is 0. The molecule has 5 nitrogen and oxygen atoms in total. The lowest BCUT2D eigenvalue weighted by Crippen LogP contribution is -2.51. The van der Waals surface area contributed by atoms with Crippen molar-refractivity contribution in [2.24, 2.45) is 23.2 Å². The number of halogens is 2. The molecule has 7 heteroatoms. The topological polar surface area (TPSA) is 49.6 Å². The van der Waals surface area contributed by atoms with Gasteiger partial charge in [0, 0.05) is 45.2 Å². The molecule has 0 atom stereocenters. The Kier molecular flexibility index (Phi) is 4.83. The molecular weight excluding hydrogens is 410 g/mol. The molecule has 1 saturated heterocycles. The maximum absolute atomic E-state index is 13.4. The SMILES string of the molecule is O=C(NCC12CC3CC(CC(C3)C1)C2)c1cccc2nc(CN3CCC(F)(F)CC3)cn12. The Hall–Kier alpha value is -2.02. The lowest BCUT2D eigenvalue weighted by atomic mass is 9.49. The van der Waals surface area contributed by atoms with Crippen LogP contribution in [0.25, 0.3) is 5.65 Å². The van der Waals surface area contributed by atoms with Crippen LogP contribution >= 0.6 is 0 Å². The van der Waals surface area contributed by atoms with Gasteiger partial charge in [-0.05, 0) is 73.8 Å². The third kappa shape index (κ3) is 3.82. The van der Waals surface area contributed by atoms with Crippen molar-refractivity contribution in [2.45, 2.75) is 63.8 Å². The molecule has 5 aliphatic rings. The number of aromatic nitrogens is 2. The molecule has 32 heavy (non-hydrogen) atoms. The third-order valence-electron chi connectivity index (χ3n) is 8.54. The lowest BCUT2D eigenvalue weighted by molar-refractivity contribution is -0.0568. The second-order valence-corrected chi connectivity index (χ2v) is 11.1. The van der Waals surface area contributed by atoms with Crippen LogP contribution in [-0.4, -0.2) is 45.7 Å². The average Bonchev–Trinajstić information content (AvgIpc) is 3.15. The first kappa shape index (κ1) is 20.6. The Morgan fingerprint density at radius 2 is 1.72 bits per heavy atom. The fraction of sp³-hybridized carbons (Fsp3) is 0.680. The number of likely N-dealkylation sites (tertiary alicyclic amines) is 1. The Morgan fingerprint density at radius 3 is 2.38 bits per heavy atom. The highest BCUT2D eigenvalue weighted by Crippen LogP contribution is 2.59. The first-order valence-electron chi connectivity index (χ1n) is 12.2. The number of hydrogen-bond donors (Lipinski definition) is 1. The molecule has 0 aromatic carbocycles. The van der Waals surface area contributed by atoms with Crippen molar-refractivity contribution in [2.75, 3.05) is 19.6 Å². The van der Waals surface area contributed by atoms with E-state index in [9.17, 15) is 13.6 Å². The zero-order chi connectivity index (χ0) is 21.9. The monoisotopic (exact) mass is 442 g/mol. The van der Waals surface area contributed by atoms with E-state index in [1.165, 1.54) is 38.5 Å². The van der Waals surface area contributed by atoms with Gasteiger partial charge in [-0.15, -0.1) is 0 Å². The number of alkyl halides is 2. The molecule has 2 aromatic rings. The van der Waals surface area contributed by atoms with E-state index in [2.05, 4.69) is 10.3 Å². The van der Waals surface area contributed by atoms with Gasteiger partial charge in [-0.2, -0.15) is 0 Å². The predicted octanol–water partition coefficient (Wildman–Crippen LogP) is 4.51. The summed E-state index contributed by atoms with van der Waals surface area (Å²) in [5.74, 6) is 0.0117. The zero-order valence-corrected chi connectivity index (χ0v) is 18.5. The number of piperidine rings is 1. The van der Waals surface area contributed by atoms with Crippen LogP contribution in [0.4, 0.5) is 8.78 Å². The highest BCUT2D eigenvalue weighted by atomic mass is 19.3. The second kappa shape index (κ2) is 7.51. The number of rotatable bonds is 5. The van der Waals surface area contributed by atoms with E-state index in [0.717, 1.165) is 35.6 Å². The predicted molar refractivity (Wildman–Crippen MR) is 118 cm³/mol. The Morgan fingerprint density at radius 1 is 1.06 bits per heavy atom. The average molecular weight is 443 g/mol. The van der Waals surface area contributed by atoms with Crippen molar-refractivity contribution >= 4 is 11.6 Å². The number of carbonyl (C=O) groups is 1. The van der Waals surface area contributed by atoms with Gasteiger partial charge in [-0.25, -0.2) is 13.8 Å². The van der Waals surface area contributed by atoms with Crippen molar-refractivity contribution in [3.05, 3.63) is 35.8 Å². The molecule has 1 N–H and O–H groups in total. The fourth-order valence-electron chi connectivity index (χ4n) is 7.45. The Balaban J connectivity index is 1.15. The summed E-state index contributed by atoms with van der Waals surface area (Å²) in [6.07, 6.45) is 9.71. The van der Waals surface area contributed by atoms with Crippen molar-refractivity contribution in [3.63, 3.8) is 0 Å². The summed E-state index contributed by atoms with van der Waals surface area (Å²) in [5.41, 5.74) is 2.44. The lowest BCUT2D eigenvalue weighted by Gasteiger charge is -2.56. The Bertz CT molecular complexity index is 987. The molecule has 4 bridgehead atoms. The van der Waals surface area contributed by atoms with E-state index in [1.54, 1.807) is 0 Å². The van der Waals surface area contributed by atoms with Gasteiger partial charge >= 0.3 is 0 Å². The van der Waals surface area contributed by atoms with Gasteiger partial charge < -0.3 is 5.32 Å². The molecule has 0 spiro atoms. The molecule has 4 aliphatic carbocycles. The number of hydrogen-bond acceptors (Lipinski definition) is 3. The normalized spacial score (nSPS) is 33.6. The number of nitrogens with zero attached hydrogens (tertiary/aromatic N) is 3. The van der Waals surface area contributed by atoms with Gasteiger partial charge in [0.15, 0.2) is 0 Å². The van der Waals surface area contributed by atoms with E-state index in [4.69, 9.17) is 0 Å². The molecule has 5 fully saturated rings. The van der Waals surface area contributed by atoms with E-state index in [0.29, 0.717) is 30.7 Å². The van der Waals surface area contributed by atoms with Crippen LogP contribution in [0.2, 0.25) is 0 Å². The number of nitrogens with one attached hydrogen (secondary N) is 1. The van der Waals surface area contributed by atoms with E-state index < -0.39 is 5.92 Å². The maximum Gasteiger partial charge on any atom is 0.268 e. The van der Waals surface area contributed by atoms with Crippen molar-refractivity contribution in [1.29, 1.82) is 0 Å². The summed E-state index contributed by atoms with van der Waals surface area (Å²) in [4.78, 5) is 19.8. The highest BCUT2D eigenvalue weighted by molar-refractivity contribution is 5.93. The van der Waals surface area contributed by atoms with E-state index >= 15 is 0 Å². The first-order chi connectivity index (χ1) is 15.4. The van der Waals surface area contributed by atoms with Gasteiger partial charge in [0.1, 0.15) is 11.3 Å². The molecule has 2 aromatic heterocycles. The van der Waals surface area contributed by atoms with Crippen molar-refractivity contribution in [3.8, 4) is 0 Å². The quantitative estimate of drug-likeness (QED) is 0.741. The Labute approximate surface area is 187 Å². The third-order valence-corrected chi connectivity index (χ3v) is 8.54. The number of imidazole rings is 1. The number of amides is 1. The summed E-state index contributed by atoms with van der Waals surface area (Å²) in [6.45, 7) is 2.06. The van der Waals surface area contributed by atoms with Gasteiger partial charge in [-0.1, -0.05) is 6.07 Å². The minimum Gasteiger partial charge on any atom is -0.350 e. The standard InChI is InChI=1S/C25H32F2N4O/c26-25(27)4-6-30(7-5-25)14-20-15-31-21(2-1-3-22(31)29-20)23(32)28-16-24-11-17-8-18(12-24)10-19(9-17)13-24/h1-3,15,17-19H,4-14,16H2,(H,28,32). The summed E-state index contributed by atoms with van der Waals surface area (Å²) >= 11 is 0. The highest BCUT2D eigenvalue weighted by Gasteiger charge is 2.50. The van der Waals surface area contributed by atoms with Crippen LogP contribution in [0.1, 0.15) is 67.5 Å². The van der Waals surface area contributed by atoms with Gasteiger partial charge in [0.2, 0.25) is 0 Å². The molecule has 0 radical (unpaired) electrons. The molecule has 0 unspecified atom stereocenters. The molecule has 1 aliphatic heterocycles.